The molecule has 3 heterocycles. The van der Waals surface area contributed by atoms with Crippen LogP contribution >= 0.6 is 0 Å². The average Bonchev–Trinajstić information content (AvgIpc) is 3.09. The number of carbonyl (C=O) groups is 1. The Kier molecular flexibility index (Phi) is 5.61. The lowest BCUT2D eigenvalue weighted by Gasteiger charge is -2.22. The normalized spacial score (nSPS) is 14.5. The Balaban J connectivity index is 1.40. The van der Waals surface area contributed by atoms with Crippen molar-refractivity contribution in [2.75, 3.05) is 18.0 Å². The summed E-state index contributed by atoms with van der Waals surface area (Å²) >= 11 is 0. The maximum Gasteiger partial charge on any atom is 0.316 e. The van der Waals surface area contributed by atoms with Crippen LogP contribution in [-0.2, 0) is 6.54 Å². The average molecular weight is 377 g/mol. The molecule has 7 nitrogen and oxygen atoms in total. The minimum absolute atomic E-state index is 0.0458. The fourth-order valence-corrected chi connectivity index (χ4v) is 3.34. The molecule has 0 atom stereocenters. The standard InChI is InChI=1S/C21H23N5O2/c27-20(23-15-16-6-5-11-22-14-16)21-24-19(25-28-21)17-7-9-18(10-8-17)26-12-3-1-2-4-13-26/h5-11,14H,1-4,12-13,15H2,(H,23,27). The predicted molar refractivity (Wildman–Crippen MR) is 106 cm³/mol. The number of benzene rings is 1. The second-order valence-corrected chi connectivity index (χ2v) is 6.92. The number of rotatable bonds is 5. The van der Waals surface area contributed by atoms with E-state index in [2.05, 4.69) is 37.5 Å². The van der Waals surface area contributed by atoms with E-state index in [0.717, 1.165) is 24.2 Å². The minimum Gasteiger partial charge on any atom is -0.372 e. The summed E-state index contributed by atoms with van der Waals surface area (Å²) in [5.41, 5.74) is 2.94. The van der Waals surface area contributed by atoms with E-state index in [1.165, 1.54) is 31.4 Å². The molecule has 1 amide bonds. The number of pyridine rings is 1. The van der Waals surface area contributed by atoms with Gasteiger partial charge in [0.2, 0.25) is 5.82 Å². The van der Waals surface area contributed by atoms with E-state index in [9.17, 15) is 4.79 Å². The first-order valence-corrected chi connectivity index (χ1v) is 9.66. The molecule has 4 rings (SSSR count). The monoisotopic (exact) mass is 377 g/mol. The molecule has 0 unspecified atom stereocenters. The van der Waals surface area contributed by atoms with E-state index in [4.69, 9.17) is 4.52 Å². The molecular formula is C21H23N5O2. The molecule has 1 fully saturated rings. The number of amides is 1. The molecule has 0 radical (unpaired) electrons. The second kappa shape index (κ2) is 8.65. The van der Waals surface area contributed by atoms with Crippen LogP contribution < -0.4 is 10.2 Å². The number of aromatic nitrogens is 3. The number of hydrogen-bond donors (Lipinski definition) is 1. The van der Waals surface area contributed by atoms with Crippen LogP contribution in [0, 0.1) is 0 Å². The van der Waals surface area contributed by atoms with E-state index < -0.39 is 5.91 Å². The van der Waals surface area contributed by atoms with Gasteiger partial charge in [-0.25, -0.2) is 0 Å². The molecule has 3 aromatic rings. The molecule has 0 aliphatic carbocycles. The van der Waals surface area contributed by atoms with Gasteiger partial charge < -0.3 is 14.7 Å². The van der Waals surface area contributed by atoms with E-state index in [1.54, 1.807) is 12.4 Å². The summed E-state index contributed by atoms with van der Waals surface area (Å²) in [7, 11) is 0. The van der Waals surface area contributed by atoms with Crippen molar-refractivity contribution in [1.29, 1.82) is 0 Å². The van der Waals surface area contributed by atoms with Crippen molar-refractivity contribution >= 4 is 11.6 Å². The molecule has 7 heteroatoms. The summed E-state index contributed by atoms with van der Waals surface area (Å²) in [6.07, 6.45) is 8.49. The molecule has 2 aromatic heterocycles. The fourth-order valence-electron chi connectivity index (χ4n) is 3.34. The Morgan fingerprint density at radius 1 is 1.07 bits per heavy atom. The molecule has 1 aromatic carbocycles. The van der Waals surface area contributed by atoms with Crippen LogP contribution in [0.15, 0.2) is 53.3 Å². The number of nitrogens with one attached hydrogen (secondary N) is 1. The zero-order valence-electron chi connectivity index (χ0n) is 15.7. The van der Waals surface area contributed by atoms with Gasteiger partial charge in [0, 0.05) is 43.3 Å². The van der Waals surface area contributed by atoms with E-state index in [0.29, 0.717) is 12.4 Å². The number of nitrogens with zero attached hydrogens (tertiary/aromatic N) is 4. The molecule has 0 saturated carbocycles. The predicted octanol–water partition coefficient (Wildman–Crippen LogP) is 3.44. The zero-order valence-corrected chi connectivity index (χ0v) is 15.7. The fraction of sp³-hybridized carbons (Fsp3) is 0.333. The highest BCUT2D eigenvalue weighted by Crippen LogP contribution is 2.23. The van der Waals surface area contributed by atoms with Gasteiger partial charge in [-0.1, -0.05) is 24.1 Å². The molecule has 28 heavy (non-hydrogen) atoms. The Hall–Kier alpha value is -3.22. The van der Waals surface area contributed by atoms with Gasteiger partial charge in [0.15, 0.2) is 0 Å². The Bertz CT molecular complexity index is 900. The van der Waals surface area contributed by atoms with Crippen molar-refractivity contribution in [2.24, 2.45) is 0 Å². The third kappa shape index (κ3) is 4.36. The van der Waals surface area contributed by atoms with Crippen molar-refractivity contribution in [3.8, 4) is 11.4 Å². The van der Waals surface area contributed by atoms with Gasteiger partial charge in [-0.05, 0) is 48.7 Å². The topological polar surface area (TPSA) is 84.2 Å². The number of anilines is 1. The Labute approximate surface area is 163 Å². The third-order valence-corrected chi connectivity index (χ3v) is 4.89. The molecule has 1 aliphatic rings. The molecule has 1 saturated heterocycles. The highest BCUT2D eigenvalue weighted by molar-refractivity contribution is 5.89. The quantitative estimate of drug-likeness (QED) is 0.733. The van der Waals surface area contributed by atoms with Crippen LogP contribution in [0.5, 0.6) is 0 Å². The molecule has 0 bridgehead atoms. The first-order chi connectivity index (χ1) is 13.8. The van der Waals surface area contributed by atoms with Crippen LogP contribution in [0.3, 0.4) is 0 Å². The lowest BCUT2D eigenvalue weighted by Crippen LogP contribution is -2.23. The highest BCUT2D eigenvalue weighted by atomic mass is 16.5. The summed E-state index contributed by atoms with van der Waals surface area (Å²) in [6.45, 7) is 2.56. The van der Waals surface area contributed by atoms with Gasteiger partial charge in [0.1, 0.15) is 0 Å². The SMILES string of the molecule is O=C(NCc1cccnc1)c1nc(-c2ccc(N3CCCCCC3)cc2)no1. The largest absolute Gasteiger partial charge is 0.372 e. The van der Waals surface area contributed by atoms with Crippen LogP contribution in [0.1, 0.15) is 41.9 Å². The lowest BCUT2D eigenvalue weighted by atomic mass is 10.2. The van der Waals surface area contributed by atoms with Crippen LogP contribution in [0.4, 0.5) is 5.69 Å². The van der Waals surface area contributed by atoms with Crippen LogP contribution in [0.25, 0.3) is 11.4 Å². The van der Waals surface area contributed by atoms with Gasteiger partial charge in [0.05, 0.1) is 0 Å². The Morgan fingerprint density at radius 2 is 1.86 bits per heavy atom. The van der Waals surface area contributed by atoms with E-state index in [1.807, 2.05) is 24.3 Å². The van der Waals surface area contributed by atoms with Crippen LogP contribution in [0.2, 0.25) is 0 Å². The maximum absolute atomic E-state index is 12.2. The van der Waals surface area contributed by atoms with E-state index in [-0.39, 0.29) is 5.89 Å². The maximum atomic E-state index is 12.2. The van der Waals surface area contributed by atoms with E-state index >= 15 is 0 Å². The van der Waals surface area contributed by atoms with Gasteiger partial charge >= 0.3 is 11.8 Å². The third-order valence-electron chi connectivity index (χ3n) is 4.89. The van der Waals surface area contributed by atoms with Crippen molar-refractivity contribution in [2.45, 2.75) is 32.2 Å². The van der Waals surface area contributed by atoms with Gasteiger partial charge in [-0.3, -0.25) is 9.78 Å². The molecule has 1 N–H and O–H groups in total. The Morgan fingerprint density at radius 3 is 2.57 bits per heavy atom. The summed E-state index contributed by atoms with van der Waals surface area (Å²) in [5.74, 6) is -0.0341. The molecule has 1 aliphatic heterocycles. The van der Waals surface area contributed by atoms with Crippen molar-refractivity contribution in [3.05, 3.63) is 60.2 Å². The summed E-state index contributed by atoms with van der Waals surface area (Å²) in [5, 5.41) is 6.70. The zero-order chi connectivity index (χ0) is 19.2. The first kappa shape index (κ1) is 18.2. The van der Waals surface area contributed by atoms with Crippen LogP contribution in [-0.4, -0.2) is 34.1 Å². The van der Waals surface area contributed by atoms with Gasteiger partial charge in [0.25, 0.3) is 0 Å². The summed E-state index contributed by atoms with van der Waals surface area (Å²) < 4.78 is 5.13. The lowest BCUT2D eigenvalue weighted by molar-refractivity contribution is 0.0907. The smallest absolute Gasteiger partial charge is 0.316 e. The highest BCUT2D eigenvalue weighted by Gasteiger charge is 2.16. The van der Waals surface area contributed by atoms with Gasteiger partial charge in [-0.15, -0.1) is 0 Å². The minimum atomic E-state index is -0.399. The number of hydrogen-bond acceptors (Lipinski definition) is 6. The molecule has 0 spiro atoms. The summed E-state index contributed by atoms with van der Waals surface area (Å²) in [6, 6.07) is 11.8. The van der Waals surface area contributed by atoms with Gasteiger partial charge in [-0.2, -0.15) is 4.98 Å². The molecule has 144 valence electrons. The van der Waals surface area contributed by atoms with Crippen molar-refractivity contribution in [3.63, 3.8) is 0 Å². The second-order valence-electron chi connectivity index (χ2n) is 6.92. The molecular weight excluding hydrogens is 354 g/mol. The van der Waals surface area contributed by atoms with Crippen molar-refractivity contribution in [1.82, 2.24) is 20.4 Å². The van der Waals surface area contributed by atoms with Crippen molar-refractivity contribution < 1.29 is 9.32 Å². The first-order valence-electron chi connectivity index (χ1n) is 9.66. The summed E-state index contributed by atoms with van der Waals surface area (Å²) in [4.78, 5) is 22.9. The number of carbonyl (C=O) groups excluding carboxylic acids is 1.